The summed E-state index contributed by atoms with van der Waals surface area (Å²) in [4.78, 5) is 20.8. The molecule has 0 spiro atoms. The van der Waals surface area contributed by atoms with Crippen LogP contribution in [0.2, 0.25) is 0 Å². The maximum absolute atomic E-state index is 12.3. The molecule has 1 unspecified atom stereocenters. The monoisotopic (exact) mass is 322 g/mol. The van der Waals surface area contributed by atoms with E-state index in [-0.39, 0.29) is 11.8 Å². The van der Waals surface area contributed by atoms with Gasteiger partial charge in [-0.2, -0.15) is 5.26 Å². The lowest BCUT2D eigenvalue weighted by Gasteiger charge is -2.34. The standard InChI is InChI=1S/C19H22N4O/c1-13-6-7-17-16(9-13)15(11-20)10-18(21-17)23-8-4-5-14(12-23)19(24)22(2)3/h6-7,9-10,14H,4-5,8,12H2,1-3H3. The molecule has 1 aromatic carbocycles. The number of fused-ring (bicyclic) bond motifs is 1. The van der Waals surface area contributed by atoms with Gasteiger partial charge in [-0.25, -0.2) is 4.98 Å². The smallest absolute Gasteiger partial charge is 0.226 e. The molecule has 2 aromatic rings. The number of carbonyl (C=O) groups excluding carboxylic acids is 1. The Morgan fingerprint density at radius 3 is 2.88 bits per heavy atom. The predicted molar refractivity (Wildman–Crippen MR) is 94.8 cm³/mol. The molecular weight excluding hydrogens is 300 g/mol. The maximum Gasteiger partial charge on any atom is 0.226 e. The van der Waals surface area contributed by atoms with Crippen molar-refractivity contribution in [3.63, 3.8) is 0 Å². The number of hydrogen-bond acceptors (Lipinski definition) is 4. The SMILES string of the molecule is Cc1ccc2nc(N3CCCC(C(=O)N(C)C)C3)cc(C#N)c2c1. The van der Waals surface area contributed by atoms with E-state index < -0.39 is 0 Å². The van der Waals surface area contributed by atoms with Crippen LogP contribution in [0.3, 0.4) is 0 Å². The van der Waals surface area contributed by atoms with Crippen LogP contribution in [0.25, 0.3) is 10.9 Å². The third-order valence-electron chi connectivity index (χ3n) is 4.61. The second kappa shape index (κ2) is 6.48. The van der Waals surface area contributed by atoms with Crippen LogP contribution in [0.5, 0.6) is 0 Å². The number of hydrogen-bond donors (Lipinski definition) is 0. The van der Waals surface area contributed by atoms with Crippen LogP contribution in [-0.2, 0) is 4.79 Å². The average molecular weight is 322 g/mol. The zero-order chi connectivity index (χ0) is 17.3. The van der Waals surface area contributed by atoms with E-state index in [2.05, 4.69) is 11.0 Å². The Morgan fingerprint density at radius 2 is 2.17 bits per heavy atom. The van der Waals surface area contributed by atoms with Crippen molar-refractivity contribution in [2.24, 2.45) is 5.92 Å². The number of aromatic nitrogens is 1. The quantitative estimate of drug-likeness (QED) is 0.853. The fourth-order valence-electron chi connectivity index (χ4n) is 3.33. The van der Waals surface area contributed by atoms with Crippen molar-refractivity contribution in [2.45, 2.75) is 19.8 Å². The highest BCUT2D eigenvalue weighted by Crippen LogP contribution is 2.27. The van der Waals surface area contributed by atoms with Gasteiger partial charge in [-0.1, -0.05) is 11.6 Å². The van der Waals surface area contributed by atoms with Gasteiger partial charge in [0.25, 0.3) is 0 Å². The summed E-state index contributed by atoms with van der Waals surface area (Å²) < 4.78 is 0. The van der Waals surface area contributed by atoms with Crippen molar-refractivity contribution in [2.75, 3.05) is 32.1 Å². The number of carbonyl (C=O) groups is 1. The molecule has 0 N–H and O–H groups in total. The predicted octanol–water partition coefficient (Wildman–Crippen LogP) is 2.72. The largest absolute Gasteiger partial charge is 0.356 e. The zero-order valence-corrected chi connectivity index (χ0v) is 14.4. The van der Waals surface area contributed by atoms with Gasteiger partial charge in [0.15, 0.2) is 0 Å². The summed E-state index contributed by atoms with van der Waals surface area (Å²) in [5, 5.41) is 10.4. The van der Waals surface area contributed by atoms with Gasteiger partial charge in [0.05, 0.1) is 23.1 Å². The van der Waals surface area contributed by atoms with Crippen molar-refractivity contribution in [3.05, 3.63) is 35.4 Å². The van der Waals surface area contributed by atoms with Crippen LogP contribution < -0.4 is 4.90 Å². The normalized spacial score (nSPS) is 17.6. The number of nitrogens with zero attached hydrogens (tertiary/aromatic N) is 4. The van der Waals surface area contributed by atoms with Crippen LogP contribution in [0.4, 0.5) is 5.82 Å². The summed E-state index contributed by atoms with van der Waals surface area (Å²) in [6.45, 7) is 3.54. The molecule has 5 heteroatoms. The summed E-state index contributed by atoms with van der Waals surface area (Å²) in [5.74, 6) is 0.950. The molecule has 1 aliphatic heterocycles. The van der Waals surface area contributed by atoms with Gasteiger partial charge in [-0.3, -0.25) is 4.79 Å². The molecular formula is C19H22N4O. The second-order valence-corrected chi connectivity index (χ2v) is 6.68. The van der Waals surface area contributed by atoms with Crippen molar-refractivity contribution in [3.8, 4) is 6.07 Å². The first-order chi connectivity index (χ1) is 11.5. The lowest BCUT2D eigenvalue weighted by Crippen LogP contribution is -2.43. The lowest BCUT2D eigenvalue weighted by molar-refractivity contribution is -0.133. The summed E-state index contributed by atoms with van der Waals surface area (Å²) in [5.41, 5.74) is 2.58. The molecule has 1 amide bonds. The number of rotatable bonds is 2. The molecule has 0 saturated carbocycles. The second-order valence-electron chi connectivity index (χ2n) is 6.68. The van der Waals surface area contributed by atoms with Crippen molar-refractivity contribution >= 4 is 22.6 Å². The average Bonchev–Trinajstić information content (AvgIpc) is 2.60. The molecule has 1 saturated heterocycles. The summed E-state index contributed by atoms with van der Waals surface area (Å²) in [7, 11) is 3.59. The maximum atomic E-state index is 12.3. The molecule has 0 bridgehead atoms. The minimum atomic E-state index is -0.00481. The fourth-order valence-corrected chi connectivity index (χ4v) is 3.33. The first-order valence-electron chi connectivity index (χ1n) is 8.27. The molecule has 1 aliphatic rings. The van der Waals surface area contributed by atoms with Gasteiger partial charge in [-0.05, 0) is 38.0 Å². The highest BCUT2D eigenvalue weighted by molar-refractivity contribution is 5.87. The Kier molecular flexibility index (Phi) is 4.39. The topological polar surface area (TPSA) is 60.2 Å². The van der Waals surface area contributed by atoms with Gasteiger partial charge >= 0.3 is 0 Å². The summed E-state index contributed by atoms with van der Waals surface area (Å²) >= 11 is 0. The van der Waals surface area contributed by atoms with E-state index in [0.29, 0.717) is 12.1 Å². The molecule has 1 atom stereocenters. The molecule has 1 fully saturated rings. The molecule has 2 heterocycles. The number of benzene rings is 1. The van der Waals surface area contributed by atoms with Crippen LogP contribution in [0.1, 0.15) is 24.0 Å². The number of piperidine rings is 1. The van der Waals surface area contributed by atoms with E-state index in [1.165, 1.54) is 0 Å². The minimum Gasteiger partial charge on any atom is -0.356 e. The van der Waals surface area contributed by atoms with E-state index in [1.807, 2.05) is 31.2 Å². The highest BCUT2D eigenvalue weighted by atomic mass is 16.2. The van der Waals surface area contributed by atoms with Gasteiger partial charge in [0.1, 0.15) is 5.82 Å². The summed E-state index contributed by atoms with van der Waals surface area (Å²) in [6.07, 6.45) is 1.87. The number of pyridine rings is 1. The molecule has 24 heavy (non-hydrogen) atoms. The van der Waals surface area contributed by atoms with E-state index in [4.69, 9.17) is 4.98 Å². The molecule has 0 radical (unpaired) electrons. The highest BCUT2D eigenvalue weighted by Gasteiger charge is 2.27. The van der Waals surface area contributed by atoms with Crippen molar-refractivity contribution in [1.82, 2.24) is 9.88 Å². The van der Waals surface area contributed by atoms with E-state index in [9.17, 15) is 10.1 Å². The van der Waals surface area contributed by atoms with Crippen LogP contribution in [0, 0.1) is 24.2 Å². The van der Waals surface area contributed by atoms with Gasteiger partial charge in [0.2, 0.25) is 5.91 Å². The third-order valence-corrected chi connectivity index (χ3v) is 4.61. The first-order valence-corrected chi connectivity index (χ1v) is 8.27. The Bertz CT molecular complexity index is 822. The molecule has 124 valence electrons. The van der Waals surface area contributed by atoms with Gasteiger partial charge in [0, 0.05) is 32.6 Å². The third kappa shape index (κ3) is 3.05. The number of aryl methyl sites for hydroxylation is 1. The van der Waals surface area contributed by atoms with Crippen molar-refractivity contribution in [1.29, 1.82) is 5.26 Å². The Labute approximate surface area is 142 Å². The lowest BCUT2D eigenvalue weighted by atomic mass is 9.96. The number of nitriles is 1. The number of amides is 1. The van der Waals surface area contributed by atoms with Crippen LogP contribution >= 0.6 is 0 Å². The molecule has 0 aliphatic carbocycles. The molecule has 5 nitrogen and oxygen atoms in total. The van der Waals surface area contributed by atoms with Crippen molar-refractivity contribution < 1.29 is 4.79 Å². The number of anilines is 1. The Hall–Kier alpha value is -2.61. The summed E-state index contributed by atoms with van der Waals surface area (Å²) in [6, 6.07) is 10.1. The van der Waals surface area contributed by atoms with Gasteiger partial charge < -0.3 is 9.80 Å². The molecule has 3 rings (SSSR count). The van der Waals surface area contributed by atoms with Crippen LogP contribution in [-0.4, -0.2) is 43.0 Å². The fraction of sp³-hybridized carbons (Fsp3) is 0.421. The minimum absolute atomic E-state index is 0.00481. The Morgan fingerprint density at radius 1 is 1.38 bits per heavy atom. The van der Waals surface area contributed by atoms with Crippen LogP contribution in [0.15, 0.2) is 24.3 Å². The van der Waals surface area contributed by atoms with E-state index >= 15 is 0 Å². The molecule has 1 aromatic heterocycles. The van der Waals surface area contributed by atoms with E-state index in [0.717, 1.165) is 41.7 Å². The first kappa shape index (κ1) is 16.3. The van der Waals surface area contributed by atoms with Gasteiger partial charge in [-0.15, -0.1) is 0 Å². The zero-order valence-electron chi connectivity index (χ0n) is 14.4. The Balaban J connectivity index is 1.96. The van der Waals surface area contributed by atoms with E-state index in [1.54, 1.807) is 19.0 Å².